The molecule has 9 nitrogen and oxygen atoms in total. The molecule has 0 saturated carbocycles. The topological polar surface area (TPSA) is 127 Å². The van der Waals surface area contributed by atoms with Crippen molar-refractivity contribution in [2.24, 2.45) is 0 Å². The third kappa shape index (κ3) is 9.88. The van der Waals surface area contributed by atoms with Crippen LogP contribution in [0.3, 0.4) is 0 Å². The number of carbonyl (C=O) groups is 1. The summed E-state index contributed by atoms with van der Waals surface area (Å²) < 4.78 is 20.1. The van der Waals surface area contributed by atoms with E-state index in [9.17, 15) is 24.2 Å². The number of aromatic nitrogens is 1. The number of pyridine rings is 1. The van der Waals surface area contributed by atoms with E-state index >= 15 is 0 Å². The Balaban J connectivity index is 0.882. The summed E-state index contributed by atoms with van der Waals surface area (Å²) in [6.45, 7) is 4.11. The number of hydrogen-bond donors (Lipinski definition) is 5. The number of aromatic hydroxyl groups is 1. The molecule has 1 fully saturated rings. The number of anilines is 1. The normalized spacial score (nSPS) is 14.6. The van der Waals surface area contributed by atoms with Gasteiger partial charge in [0.25, 0.3) is 0 Å². The number of phenolic OH excluding ortho intramolecular Hbond substituents is 1. The molecule has 0 unspecified atom stereocenters. The summed E-state index contributed by atoms with van der Waals surface area (Å²) in [4.78, 5) is 29.4. The average Bonchev–Trinajstić information content (AvgIpc) is 3.09. The lowest BCUT2D eigenvalue weighted by atomic mass is 10.0. The lowest BCUT2D eigenvalue weighted by Crippen LogP contribution is -2.38. The van der Waals surface area contributed by atoms with E-state index in [1.54, 1.807) is 48.5 Å². The van der Waals surface area contributed by atoms with Crippen molar-refractivity contribution >= 4 is 22.7 Å². The molecule has 48 heavy (non-hydrogen) atoms. The standard InChI is InChI=1S/C38H47FN4O5/c39-32-14-8-6-12-28(32)29-13-7-9-15-33(29)41-38(47)48-27-20-24-43(25-21-27)23-11-5-3-1-2-4-10-22-40-26-35(45)30-16-18-34(44)37-31(30)17-19-36(46)42-37/h6-9,12-19,27,35,40,44-45H,1-5,10-11,20-26H2,(H,41,47)(H,42,46)/t35-/m1/s1. The molecule has 1 saturated heterocycles. The molecule has 1 aliphatic rings. The molecule has 1 aromatic heterocycles. The first-order valence-electron chi connectivity index (χ1n) is 17.2. The number of fused-ring (bicyclic) bond motifs is 1. The van der Waals surface area contributed by atoms with Gasteiger partial charge in [-0.3, -0.25) is 10.1 Å². The SMILES string of the molecule is O=C(Nc1ccccc1-c1ccccc1F)OC1CCN(CCCCCCCCCNC[C@@H](O)c2ccc(O)c3[nH]c(=O)ccc23)CC1. The number of nitrogens with one attached hydrogen (secondary N) is 3. The third-order valence-corrected chi connectivity index (χ3v) is 9.07. The second-order valence-corrected chi connectivity index (χ2v) is 12.6. The van der Waals surface area contributed by atoms with Gasteiger partial charge in [-0.1, -0.05) is 74.6 Å². The molecule has 5 rings (SSSR count). The number of unbranched alkanes of at least 4 members (excludes halogenated alkanes) is 6. The Morgan fingerprint density at radius 1 is 0.896 bits per heavy atom. The van der Waals surface area contributed by atoms with E-state index in [4.69, 9.17) is 4.74 Å². The highest BCUT2D eigenvalue weighted by Crippen LogP contribution is 2.31. The van der Waals surface area contributed by atoms with Crippen molar-refractivity contribution < 1.29 is 24.1 Å². The van der Waals surface area contributed by atoms with Crippen LogP contribution >= 0.6 is 0 Å². The van der Waals surface area contributed by atoms with E-state index < -0.39 is 12.2 Å². The predicted molar refractivity (Wildman–Crippen MR) is 188 cm³/mol. The molecule has 5 N–H and O–H groups in total. The number of hydrogen-bond acceptors (Lipinski definition) is 7. The molecule has 256 valence electrons. The van der Waals surface area contributed by atoms with Gasteiger partial charge in [0.05, 0.1) is 17.3 Å². The van der Waals surface area contributed by atoms with Crippen LogP contribution in [0.5, 0.6) is 5.75 Å². The van der Waals surface area contributed by atoms with Crippen molar-refractivity contribution in [1.82, 2.24) is 15.2 Å². The number of amides is 1. The number of likely N-dealkylation sites (tertiary alicyclic amines) is 1. The smallest absolute Gasteiger partial charge is 0.411 e. The van der Waals surface area contributed by atoms with Gasteiger partial charge in [0.2, 0.25) is 5.56 Å². The average molecular weight is 659 g/mol. The van der Waals surface area contributed by atoms with Gasteiger partial charge in [-0.15, -0.1) is 0 Å². The fourth-order valence-electron chi connectivity index (χ4n) is 6.42. The summed E-state index contributed by atoms with van der Waals surface area (Å²) in [5.41, 5.74) is 2.31. The minimum atomic E-state index is -0.738. The van der Waals surface area contributed by atoms with Crippen LogP contribution in [0.4, 0.5) is 14.9 Å². The minimum absolute atomic E-state index is 0.0104. The van der Waals surface area contributed by atoms with Crippen molar-refractivity contribution in [3.05, 3.63) is 94.5 Å². The lowest BCUT2D eigenvalue weighted by molar-refractivity contribution is 0.0584. The van der Waals surface area contributed by atoms with Crippen molar-refractivity contribution in [3.8, 4) is 16.9 Å². The number of para-hydroxylation sites is 1. The highest BCUT2D eigenvalue weighted by Gasteiger charge is 2.23. The fraction of sp³-hybridized carbons (Fsp3) is 0.421. The number of piperidine rings is 1. The summed E-state index contributed by atoms with van der Waals surface area (Å²) in [5, 5.41) is 27.5. The molecular weight excluding hydrogens is 611 g/mol. The zero-order chi connectivity index (χ0) is 33.7. The Labute approximate surface area is 281 Å². The summed E-state index contributed by atoms with van der Waals surface area (Å²) >= 11 is 0. The molecule has 1 amide bonds. The van der Waals surface area contributed by atoms with Crippen molar-refractivity contribution in [2.45, 2.75) is 70.0 Å². The van der Waals surface area contributed by atoms with Crippen LogP contribution in [-0.4, -0.2) is 65.0 Å². The maximum absolute atomic E-state index is 14.4. The monoisotopic (exact) mass is 658 g/mol. The molecule has 10 heteroatoms. The third-order valence-electron chi connectivity index (χ3n) is 9.07. The number of carbonyl (C=O) groups excluding carboxylic acids is 1. The summed E-state index contributed by atoms with van der Waals surface area (Å²) in [7, 11) is 0. The van der Waals surface area contributed by atoms with Gasteiger partial charge in [-0.2, -0.15) is 0 Å². The van der Waals surface area contributed by atoms with E-state index in [2.05, 4.69) is 20.5 Å². The largest absolute Gasteiger partial charge is 0.506 e. The molecule has 1 aliphatic heterocycles. The maximum Gasteiger partial charge on any atom is 0.411 e. The van der Waals surface area contributed by atoms with E-state index in [1.807, 2.05) is 6.07 Å². The molecule has 0 aliphatic carbocycles. The van der Waals surface area contributed by atoms with Gasteiger partial charge in [-0.25, -0.2) is 9.18 Å². The van der Waals surface area contributed by atoms with Gasteiger partial charge < -0.3 is 30.2 Å². The van der Waals surface area contributed by atoms with Gasteiger partial charge in [0.15, 0.2) is 0 Å². The zero-order valence-electron chi connectivity index (χ0n) is 27.4. The minimum Gasteiger partial charge on any atom is -0.506 e. The molecule has 0 bridgehead atoms. The van der Waals surface area contributed by atoms with E-state index in [0.29, 0.717) is 39.8 Å². The number of phenols is 1. The molecule has 0 spiro atoms. The van der Waals surface area contributed by atoms with Crippen molar-refractivity contribution in [1.29, 1.82) is 0 Å². The van der Waals surface area contributed by atoms with Crippen molar-refractivity contribution in [2.75, 3.05) is 38.0 Å². The number of H-pyrrole nitrogens is 1. The first-order valence-corrected chi connectivity index (χ1v) is 17.2. The molecule has 1 atom stereocenters. The Kier molecular flexibility index (Phi) is 13.0. The summed E-state index contributed by atoms with van der Waals surface area (Å²) in [6, 6.07) is 19.9. The summed E-state index contributed by atoms with van der Waals surface area (Å²) in [6.07, 6.45) is 8.42. The van der Waals surface area contributed by atoms with Crippen LogP contribution in [0.2, 0.25) is 0 Å². The quantitative estimate of drug-likeness (QED) is 0.0813. The summed E-state index contributed by atoms with van der Waals surface area (Å²) in [5.74, 6) is -0.349. The first kappa shape index (κ1) is 35.1. The number of aliphatic hydroxyl groups is 1. The molecule has 2 heterocycles. The van der Waals surface area contributed by atoms with Crippen LogP contribution in [0.1, 0.15) is 69.5 Å². The number of aromatic amines is 1. The second kappa shape index (κ2) is 17.8. The van der Waals surface area contributed by atoms with Crippen LogP contribution in [-0.2, 0) is 4.74 Å². The lowest BCUT2D eigenvalue weighted by Gasteiger charge is -2.31. The van der Waals surface area contributed by atoms with Crippen molar-refractivity contribution in [3.63, 3.8) is 0 Å². The number of benzene rings is 3. The Bertz CT molecular complexity index is 1690. The number of ether oxygens (including phenoxy) is 1. The number of halogens is 1. The Morgan fingerprint density at radius 2 is 1.58 bits per heavy atom. The van der Waals surface area contributed by atoms with Crippen LogP contribution in [0, 0.1) is 5.82 Å². The molecular formula is C38H47FN4O5. The van der Waals surface area contributed by atoms with Gasteiger partial charge in [-0.05, 0) is 68.6 Å². The van der Waals surface area contributed by atoms with Crippen LogP contribution in [0.25, 0.3) is 22.0 Å². The highest BCUT2D eigenvalue weighted by atomic mass is 19.1. The van der Waals surface area contributed by atoms with Gasteiger partial charge in [0, 0.05) is 42.2 Å². The maximum atomic E-state index is 14.4. The Hall–Kier alpha value is -4.25. The molecule has 0 radical (unpaired) electrons. The predicted octanol–water partition coefficient (Wildman–Crippen LogP) is 7.11. The van der Waals surface area contributed by atoms with Crippen LogP contribution in [0.15, 0.2) is 77.6 Å². The number of nitrogens with zero attached hydrogens (tertiary/aromatic N) is 1. The van der Waals surface area contributed by atoms with Gasteiger partial charge in [0.1, 0.15) is 17.7 Å². The molecule has 3 aromatic carbocycles. The number of aliphatic hydroxyl groups excluding tert-OH is 1. The van der Waals surface area contributed by atoms with E-state index in [-0.39, 0.29) is 23.2 Å². The Morgan fingerprint density at radius 3 is 2.35 bits per heavy atom. The molecule has 4 aromatic rings. The van der Waals surface area contributed by atoms with E-state index in [1.165, 1.54) is 43.9 Å². The van der Waals surface area contributed by atoms with Crippen LogP contribution < -0.4 is 16.2 Å². The number of rotatable bonds is 16. The van der Waals surface area contributed by atoms with Gasteiger partial charge >= 0.3 is 6.09 Å². The highest BCUT2D eigenvalue weighted by molar-refractivity contribution is 5.91. The zero-order valence-corrected chi connectivity index (χ0v) is 27.4. The van der Waals surface area contributed by atoms with E-state index in [0.717, 1.165) is 58.3 Å². The first-order chi connectivity index (χ1) is 23.4. The second-order valence-electron chi connectivity index (χ2n) is 12.6. The fourth-order valence-corrected chi connectivity index (χ4v) is 6.42.